The summed E-state index contributed by atoms with van der Waals surface area (Å²) in [4.78, 5) is 24.2. The lowest BCUT2D eigenvalue weighted by Gasteiger charge is -2.13. The van der Waals surface area contributed by atoms with Gasteiger partial charge in [0.15, 0.2) is 17.6 Å². The van der Waals surface area contributed by atoms with Gasteiger partial charge in [0, 0.05) is 17.3 Å². The number of alkyl halides is 2. The lowest BCUT2D eigenvalue weighted by Crippen LogP contribution is -2.29. The van der Waals surface area contributed by atoms with Gasteiger partial charge in [0.25, 0.3) is 5.91 Å². The average Bonchev–Trinajstić information content (AvgIpc) is 2.73. The maximum Gasteiger partial charge on any atom is 0.387 e. The number of para-hydroxylation sites is 1. The molecule has 0 aliphatic rings. The fourth-order valence-electron chi connectivity index (χ4n) is 2.53. The topological polar surface area (TPSA) is 73.9 Å². The summed E-state index contributed by atoms with van der Waals surface area (Å²) < 4.78 is 39.9. The number of carbonyl (C=O) groups is 2. The molecule has 0 radical (unpaired) electrons. The van der Waals surface area contributed by atoms with Gasteiger partial charge in [-0.3, -0.25) is 4.79 Å². The largest absolute Gasteiger partial charge is 0.493 e. The molecule has 8 heteroatoms. The second-order valence-electron chi connectivity index (χ2n) is 6.21. The minimum absolute atomic E-state index is 0.0904. The Kier molecular flexibility index (Phi) is 8.34. The van der Waals surface area contributed by atoms with E-state index < -0.39 is 24.6 Å². The van der Waals surface area contributed by atoms with Gasteiger partial charge in [0.1, 0.15) is 0 Å². The highest BCUT2D eigenvalue weighted by Crippen LogP contribution is 2.33. The number of hydrogen-bond acceptors (Lipinski definition) is 5. The first kappa shape index (κ1) is 22.9. The Morgan fingerprint density at radius 3 is 2.43 bits per heavy atom. The molecule has 0 unspecified atom stereocenters. The van der Waals surface area contributed by atoms with Gasteiger partial charge in [-0.15, -0.1) is 0 Å². The van der Waals surface area contributed by atoms with Gasteiger partial charge >= 0.3 is 12.6 Å². The number of benzene rings is 2. The molecule has 0 fully saturated rings. The summed E-state index contributed by atoms with van der Waals surface area (Å²) in [7, 11) is 1.31. The van der Waals surface area contributed by atoms with Crippen molar-refractivity contribution in [3.05, 3.63) is 59.7 Å². The minimum atomic E-state index is -3.06. The molecule has 30 heavy (non-hydrogen) atoms. The van der Waals surface area contributed by atoms with E-state index in [-0.39, 0.29) is 17.1 Å². The molecule has 160 valence electrons. The third kappa shape index (κ3) is 6.58. The van der Waals surface area contributed by atoms with Crippen molar-refractivity contribution in [3.8, 4) is 11.5 Å². The van der Waals surface area contributed by atoms with Crippen LogP contribution in [-0.4, -0.2) is 31.7 Å². The molecule has 2 aromatic rings. The molecule has 0 aliphatic heterocycles. The van der Waals surface area contributed by atoms with Crippen molar-refractivity contribution in [2.45, 2.75) is 33.0 Å². The molecule has 0 bridgehead atoms. The van der Waals surface area contributed by atoms with Crippen molar-refractivity contribution in [3.63, 3.8) is 0 Å². The van der Waals surface area contributed by atoms with E-state index in [4.69, 9.17) is 9.47 Å². The lowest BCUT2D eigenvalue weighted by atomic mass is 10.1. The van der Waals surface area contributed by atoms with E-state index in [1.165, 1.54) is 32.2 Å². The highest BCUT2D eigenvalue weighted by molar-refractivity contribution is 5.96. The third-order valence-electron chi connectivity index (χ3n) is 4.13. The van der Waals surface area contributed by atoms with Gasteiger partial charge in [-0.05, 0) is 43.2 Å². The number of aryl methyl sites for hydroxylation is 1. The molecule has 1 N–H and O–H groups in total. The fourth-order valence-corrected chi connectivity index (χ4v) is 2.53. The highest BCUT2D eigenvalue weighted by atomic mass is 19.3. The predicted molar refractivity (Wildman–Crippen MR) is 109 cm³/mol. The van der Waals surface area contributed by atoms with Gasteiger partial charge in [0.05, 0.1) is 7.11 Å². The second kappa shape index (κ2) is 10.9. The monoisotopic (exact) mass is 419 g/mol. The lowest BCUT2D eigenvalue weighted by molar-refractivity contribution is -0.148. The summed E-state index contributed by atoms with van der Waals surface area (Å²) in [6, 6.07) is 11.8. The van der Waals surface area contributed by atoms with E-state index in [9.17, 15) is 18.4 Å². The van der Waals surface area contributed by atoms with E-state index in [1.807, 2.05) is 19.1 Å². The van der Waals surface area contributed by atoms with Crippen LogP contribution in [0.5, 0.6) is 11.5 Å². The SMILES string of the molecule is CCc1ccc(NC(=O)[C@@H](C)OC(=O)/C=C/c2cccc(OC)c2OC(F)F)cc1. The quantitative estimate of drug-likeness (QED) is 0.480. The van der Waals surface area contributed by atoms with Crippen LogP contribution in [0.15, 0.2) is 48.5 Å². The molecule has 0 saturated carbocycles. The van der Waals surface area contributed by atoms with Gasteiger partial charge in [0.2, 0.25) is 0 Å². The third-order valence-corrected chi connectivity index (χ3v) is 4.13. The number of carbonyl (C=O) groups excluding carboxylic acids is 2. The van der Waals surface area contributed by atoms with E-state index in [0.29, 0.717) is 5.69 Å². The van der Waals surface area contributed by atoms with Crippen molar-refractivity contribution < 1.29 is 32.6 Å². The van der Waals surface area contributed by atoms with E-state index in [0.717, 1.165) is 18.1 Å². The number of ether oxygens (including phenoxy) is 3. The molecule has 0 aromatic heterocycles. The van der Waals surface area contributed by atoms with Crippen molar-refractivity contribution >= 4 is 23.6 Å². The molecule has 0 saturated heterocycles. The normalized spacial score (nSPS) is 11.9. The Bertz CT molecular complexity index is 897. The summed E-state index contributed by atoms with van der Waals surface area (Å²) in [6.07, 6.45) is 2.09. The number of amides is 1. The highest BCUT2D eigenvalue weighted by Gasteiger charge is 2.18. The summed E-state index contributed by atoms with van der Waals surface area (Å²) in [5.74, 6) is -1.43. The summed E-state index contributed by atoms with van der Waals surface area (Å²) in [5, 5.41) is 2.66. The van der Waals surface area contributed by atoms with Crippen LogP contribution in [0, 0.1) is 0 Å². The van der Waals surface area contributed by atoms with Crippen LogP contribution >= 0.6 is 0 Å². The Morgan fingerprint density at radius 1 is 1.13 bits per heavy atom. The molecule has 1 atom stereocenters. The average molecular weight is 419 g/mol. The smallest absolute Gasteiger partial charge is 0.387 e. The minimum Gasteiger partial charge on any atom is -0.493 e. The van der Waals surface area contributed by atoms with E-state index in [2.05, 4.69) is 10.1 Å². The number of esters is 1. The van der Waals surface area contributed by atoms with Crippen LogP contribution in [0.2, 0.25) is 0 Å². The maximum absolute atomic E-state index is 12.7. The van der Waals surface area contributed by atoms with Gasteiger partial charge in [-0.2, -0.15) is 8.78 Å². The molecule has 0 heterocycles. The first-order valence-corrected chi connectivity index (χ1v) is 9.24. The van der Waals surface area contributed by atoms with Gasteiger partial charge in [-0.25, -0.2) is 4.79 Å². The first-order valence-electron chi connectivity index (χ1n) is 9.24. The Labute approximate surface area is 173 Å². The molecule has 6 nitrogen and oxygen atoms in total. The van der Waals surface area contributed by atoms with Crippen LogP contribution in [0.1, 0.15) is 25.0 Å². The summed E-state index contributed by atoms with van der Waals surface area (Å²) >= 11 is 0. The van der Waals surface area contributed by atoms with Crippen molar-refractivity contribution in [1.82, 2.24) is 0 Å². The van der Waals surface area contributed by atoms with Gasteiger partial charge < -0.3 is 19.5 Å². The van der Waals surface area contributed by atoms with Gasteiger partial charge in [-0.1, -0.05) is 31.2 Å². The van der Waals surface area contributed by atoms with Crippen molar-refractivity contribution in [2.24, 2.45) is 0 Å². The van der Waals surface area contributed by atoms with Crippen molar-refractivity contribution in [2.75, 3.05) is 12.4 Å². The molecule has 1 amide bonds. The standard InChI is InChI=1S/C22H23F2NO5/c1-4-15-8-11-17(12-9-15)25-21(27)14(2)29-19(26)13-10-16-6-5-7-18(28-3)20(16)30-22(23)24/h5-14,22H,4H2,1-3H3,(H,25,27)/b13-10+/t14-/m1/s1. The zero-order valence-electron chi connectivity index (χ0n) is 16.9. The molecular formula is C22H23F2NO5. The number of nitrogens with one attached hydrogen (secondary N) is 1. The molecular weight excluding hydrogens is 396 g/mol. The zero-order valence-corrected chi connectivity index (χ0v) is 16.9. The number of hydrogen-bond donors (Lipinski definition) is 1. The summed E-state index contributed by atoms with van der Waals surface area (Å²) in [5.41, 5.74) is 1.91. The van der Waals surface area contributed by atoms with Crippen LogP contribution < -0.4 is 14.8 Å². The summed E-state index contributed by atoms with van der Waals surface area (Å²) in [6.45, 7) is 0.394. The second-order valence-corrected chi connectivity index (χ2v) is 6.21. The zero-order chi connectivity index (χ0) is 22.1. The van der Waals surface area contributed by atoms with Crippen LogP contribution in [0.25, 0.3) is 6.08 Å². The first-order chi connectivity index (χ1) is 14.3. The van der Waals surface area contributed by atoms with Crippen LogP contribution in [0.3, 0.4) is 0 Å². The molecule has 0 spiro atoms. The van der Waals surface area contributed by atoms with Crippen LogP contribution in [-0.2, 0) is 20.7 Å². The van der Waals surface area contributed by atoms with E-state index in [1.54, 1.807) is 18.2 Å². The molecule has 2 aromatic carbocycles. The number of rotatable bonds is 9. The number of methoxy groups -OCH3 is 1. The molecule has 0 aliphatic carbocycles. The predicted octanol–water partition coefficient (Wildman–Crippen LogP) is 4.44. The Hall–Kier alpha value is -3.42. The Balaban J connectivity index is 2.00. The molecule has 2 rings (SSSR count). The fraction of sp³-hybridized carbons (Fsp3) is 0.273. The number of anilines is 1. The van der Waals surface area contributed by atoms with Crippen molar-refractivity contribution in [1.29, 1.82) is 0 Å². The maximum atomic E-state index is 12.7. The van der Waals surface area contributed by atoms with E-state index >= 15 is 0 Å². The van der Waals surface area contributed by atoms with Crippen LogP contribution in [0.4, 0.5) is 14.5 Å². The number of halogens is 2. The Morgan fingerprint density at radius 2 is 1.83 bits per heavy atom.